The number of fused-ring (bicyclic) bond motifs is 1. The first-order chi connectivity index (χ1) is 16.6. The molecule has 34 heavy (non-hydrogen) atoms. The maximum Gasteiger partial charge on any atom is 0.295 e. The number of pyridine rings is 1. The maximum absolute atomic E-state index is 13.1. The van der Waals surface area contributed by atoms with Crippen molar-refractivity contribution in [2.45, 2.75) is 39.3 Å². The number of anilines is 1. The van der Waals surface area contributed by atoms with Crippen LogP contribution in [0, 0.1) is 5.92 Å². The summed E-state index contributed by atoms with van der Waals surface area (Å²) in [5.41, 5.74) is 2.44. The summed E-state index contributed by atoms with van der Waals surface area (Å²) in [4.78, 5) is 39.2. The molecule has 1 N–H and O–H groups in total. The molecule has 1 aliphatic heterocycles. The fourth-order valence-electron chi connectivity index (χ4n) is 4.62. The van der Waals surface area contributed by atoms with E-state index >= 15 is 0 Å². The number of piperidine rings is 1. The van der Waals surface area contributed by atoms with Gasteiger partial charge in [0.15, 0.2) is 11.5 Å². The average molecular weight is 463 g/mol. The molecule has 1 aliphatic rings. The summed E-state index contributed by atoms with van der Waals surface area (Å²) in [6.45, 7) is 6.16. The molecular formula is C26H34N6O2. The summed E-state index contributed by atoms with van der Waals surface area (Å²) >= 11 is 0. The fraction of sp³-hybridized carbons (Fsp3) is 0.462. The van der Waals surface area contributed by atoms with Crippen molar-refractivity contribution >= 4 is 22.9 Å². The quantitative estimate of drug-likeness (QED) is 0.493. The van der Waals surface area contributed by atoms with Crippen LogP contribution in [0.25, 0.3) is 11.2 Å². The third kappa shape index (κ3) is 5.62. The summed E-state index contributed by atoms with van der Waals surface area (Å²) in [6.07, 6.45) is 4.26. The predicted octanol–water partition coefficient (Wildman–Crippen LogP) is 2.67. The third-order valence-corrected chi connectivity index (χ3v) is 6.40. The van der Waals surface area contributed by atoms with Crippen molar-refractivity contribution in [2.24, 2.45) is 5.92 Å². The van der Waals surface area contributed by atoms with Gasteiger partial charge in [0.1, 0.15) is 5.52 Å². The number of carbonyl (C=O) groups excluding carboxylic acids is 1. The Kier molecular flexibility index (Phi) is 7.90. The predicted molar refractivity (Wildman–Crippen MR) is 135 cm³/mol. The van der Waals surface area contributed by atoms with Crippen molar-refractivity contribution in [3.05, 3.63) is 64.6 Å². The number of rotatable bonds is 9. The van der Waals surface area contributed by atoms with Crippen LogP contribution in [0.4, 0.5) is 5.82 Å². The van der Waals surface area contributed by atoms with Gasteiger partial charge in [0.2, 0.25) is 5.91 Å². The molecule has 4 rings (SSSR count). The number of hydrogen-bond donors (Lipinski definition) is 1. The van der Waals surface area contributed by atoms with Gasteiger partial charge in [-0.3, -0.25) is 14.2 Å². The van der Waals surface area contributed by atoms with Crippen molar-refractivity contribution in [1.82, 2.24) is 24.8 Å². The molecule has 3 heterocycles. The highest BCUT2D eigenvalue weighted by Crippen LogP contribution is 2.21. The number of aryl methyl sites for hydroxylation is 1. The number of benzene rings is 1. The number of carbonyl (C=O) groups is 1. The van der Waals surface area contributed by atoms with Crippen LogP contribution >= 0.6 is 0 Å². The van der Waals surface area contributed by atoms with E-state index in [4.69, 9.17) is 0 Å². The smallest absolute Gasteiger partial charge is 0.295 e. The Hall–Kier alpha value is -3.26. The summed E-state index contributed by atoms with van der Waals surface area (Å²) in [5, 5.41) is 3.10. The lowest BCUT2D eigenvalue weighted by Crippen LogP contribution is -2.46. The molecule has 2 aromatic heterocycles. The van der Waals surface area contributed by atoms with Crippen molar-refractivity contribution in [1.29, 1.82) is 0 Å². The standard InChI is InChI=1S/C26H34N6O2/c1-3-32-23-22(13-7-14-27-23)29-24(26(32)34)31-17-8-12-21(19-31)25(33)28-15-9-16-30(2)18-20-10-5-4-6-11-20/h4-7,10-11,13-14,21H,3,8-9,12,15-19H2,1-2H3,(H,28,33). The Labute approximate surface area is 200 Å². The Morgan fingerprint density at radius 3 is 2.82 bits per heavy atom. The van der Waals surface area contributed by atoms with E-state index in [2.05, 4.69) is 51.5 Å². The molecule has 3 aromatic rings. The van der Waals surface area contributed by atoms with E-state index in [-0.39, 0.29) is 17.4 Å². The second-order valence-corrected chi connectivity index (χ2v) is 8.98. The van der Waals surface area contributed by atoms with Crippen LogP contribution in [-0.2, 0) is 17.9 Å². The van der Waals surface area contributed by atoms with Crippen LogP contribution in [0.3, 0.4) is 0 Å². The number of nitrogens with zero attached hydrogens (tertiary/aromatic N) is 5. The molecule has 1 amide bonds. The molecule has 0 bridgehead atoms. The monoisotopic (exact) mass is 462 g/mol. The van der Waals surface area contributed by atoms with Crippen LogP contribution < -0.4 is 15.8 Å². The van der Waals surface area contributed by atoms with E-state index in [0.717, 1.165) is 38.9 Å². The van der Waals surface area contributed by atoms with Gasteiger partial charge in [-0.25, -0.2) is 9.97 Å². The van der Waals surface area contributed by atoms with E-state index in [9.17, 15) is 9.59 Å². The molecule has 0 saturated carbocycles. The second-order valence-electron chi connectivity index (χ2n) is 8.98. The number of aromatic nitrogens is 3. The molecule has 8 nitrogen and oxygen atoms in total. The van der Waals surface area contributed by atoms with Crippen LogP contribution in [-0.4, -0.2) is 58.6 Å². The van der Waals surface area contributed by atoms with Gasteiger partial charge in [0, 0.05) is 38.9 Å². The molecule has 1 atom stereocenters. The third-order valence-electron chi connectivity index (χ3n) is 6.40. The lowest BCUT2D eigenvalue weighted by atomic mass is 9.97. The SMILES string of the molecule is CCn1c(=O)c(N2CCCC(C(=O)NCCCN(C)Cc3ccccc3)C2)nc2cccnc21. The molecule has 180 valence electrons. The van der Waals surface area contributed by atoms with Crippen molar-refractivity contribution in [3.8, 4) is 0 Å². The number of nitrogens with one attached hydrogen (secondary N) is 1. The minimum atomic E-state index is -0.142. The summed E-state index contributed by atoms with van der Waals surface area (Å²) in [5.74, 6) is 0.341. The van der Waals surface area contributed by atoms with Crippen LogP contribution in [0.15, 0.2) is 53.5 Å². The normalized spacial score (nSPS) is 16.2. The lowest BCUT2D eigenvalue weighted by molar-refractivity contribution is -0.125. The Balaban J connectivity index is 1.32. The van der Waals surface area contributed by atoms with Gasteiger partial charge in [-0.05, 0) is 57.5 Å². The first-order valence-electron chi connectivity index (χ1n) is 12.2. The van der Waals surface area contributed by atoms with Crippen LogP contribution in [0.1, 0.15) is 31.7 Å². The van der Waals surface area contributed by atoms with Gasteiger partial charge in [-0.2, -0.15) is 0 Å². The van der Waals surface area contributed by atoms with Crippen LogP contribution in [0.2, 0.25) is 0 Å². The van der Waals surface area contributed by atoms with Gasteiger partial charge in [0.25, 0.3) is 5.56 Å². The molecule has 0 spiro atoms. The zero-order valence-electron chi connectivity index (χ0n) is 20.1. The number of hydrogen-bond acceptors (Lipinski definition) is 6. The van der Waals surface area contributed by atoms with Gasteiger partial charge in [0.05, 0.1) is 5.92 Å². The summed E-state index contributed by atoms with van der Waals surface area (Å²) in [7, 11) is 2.10. The molecule has 1 fully saturated rings. The zero-order valence-corrected chi connectivity index (χ0v) is 20.1. The molecule has 8 heteroatoms. The summed E-state index contributed by atoms with van der Waals surface area (Å²) < 4.78 is 1.66. The number of amides is 1. The highest BCUT2D eigenvalue weighted by Gasteiger charge is 2.28. The van der Waals surface area contributed by atoms with E-state index < -0.39 is 0 Å². The van der Waals surface area contributed by atoms with E-state index in [1.807, 2.05) is 30.0 Å². The topological polar surface area (TPSA) is 83.4 Å². The lowest BCUT2D eigenvalue weighted by Gasteiger charge is -2.32. The highest BCUT2D eigenvalue weighted by molar-refractivity contribution is 5.79. The van der Waals surface area contributed by atoms with Crippen molar-refractivity contribution in [2.75, 3.05) is 38.1 Å². The van der Waals surface area contributed by atoms with Gasteiger partial charge in [-0.15, -0.1) is 0 Å². The minimum Gasteiger partial charge on any atom is -0.356 e. The van der Waals surface area contributed by atoms with Gasteiger partial charge in [-0.1, -0.05) is 30.3 Å². The first-order valence-corrected chi connectivity index (χ1v) is 12.2. The molecule has 0 aliphatic carbocycles. The van der Waals surface area contributed by atoms with Crippen LogP contribution in [0.5, 0.6) is 0 Å². The second kappa shape index (κ2) is 11.2. The van der Waals surface area contributed by atoms with Crippen molar-refractivity contribution < 1.29 is 4.79 Å². The fourth-order valence-corrected chi connectivity index (χ4v) is 4.62. The molecule has 0 radical (unpaired) electrons. The summed E-state index contributed by atoms with van der Waals surface area (Å²) in [6, 6.07) is 14.1. The maximum atomic E-state index is 13.1. The zero-order chi connectivity index (χ0) is 23.9. The minimum absolute atomic E-state index is 0.0636. The highest BCUT2D eigenvalue weighted by atomic mass is 16.2. The van der Waals surface area contributed by atoms with E-state index in [1.165, 1.54) is 5.56 Å². The van der Waals surface area contributed by atoms with E-state index in [0.29, 0.717) is 36.6 Å². The van der Waals surface area contributed by atoms with Gasteiger partial charge >= 0.3 is 0 Å². The van der Waals surface area contributed by atoms with E-state index in [1.54, 1.807) is 10.8 Å². The van der Waals surface area contributed by atoms with Crippen molar-refractivity contribution in [3.63, 3.8) is 0 Å². The first kappa shape index (κ1) is 23.9. The Morgan fingerprint density at radius 1 is 1.21 bits per heavy atom. The molecular weight excluding hydrogens is 428 g/mol. The van der Waals surface area contributed by atoms with Gasteiger partial charge < -0.3 is 15.1 Å². The largest absolute Gasteiger partial charge is 0.356 e. The Bertz CT molecular complexity index is 1160. The Morgan fingerprint density at radius 2 is 2.03 bits per heavy atom. The average Bonchev–Trinajstić information content (AvgIpc) is 2.87. The molecule has 1 aromatic carbocycles. The molecule has 1 unspecified atom stereocenters. The molecule has 1 saturated heterocycles.